The number of nitrogens with two attached hydrogens (primary N) is 1. The second kappa shape index (κ2) is 6.80. The summed E-state index contributed by atoms with van der Waals surface area (Å²) in [6, 6.07) is 4.42. The summed E-state index contributed by atoms with van der Waals surface area (Å²) < 4.78 is 13.6. The van der Waals surface area contributed by atoms with E-state index in [0.29, 0.717) is 16.9 Å². The molecule has 0 unspecified atom stereocenters. The summed E-state index contributed by atoms with van der Waals surface area (Å²) in [5.74, 6) is -1.48. The molecule has 18 heavy (non-hydrogen) atoms. The fourth-order valence-corrected chi connectivity index (χ4v) is 1.97. The van der Waals surface area contributed by atoms with Crippen LogP contribution < -0.4 is 5.73 Å². The zero-order valence-corrected chi connectivity index (χ0v) is 10.2. The Morgan fingerprint density at radius 3 is 2.72 bits per heavy atom. The van der Waals surface area contributed by atoms with Crippen molar-refractivity contribution in [2.24, 2.45) is 5.73 Å². The summed E-state index contributed by atoms with van der Waals surface area (Å²) in [7, 11) is 0. The Morgan fingerprint density at radius 2 is 2.17 bits per heavy atom. The van der Waals surface area contributed by atoms with Crippen LogP contribution in [0.15, 0.2) is 24.3 Å². The summed E-state index contributed by atoms with van der Waals surface area (Å²) in [5, 5.41) is 8.44. The molecule has 96 valence electrons. The van der Waals surface area contributed by atoms with Crippen LogP contribution in [0.5, 0.6) is 0 Å². The quantitative estimate of drug-likeness (QED) is 0.769. The summed E-state index contributed by atoms with van der Waals surface area (Å²) in [6.45, 7) is 0. The van der Waals surface area contributed by atoms with Gasteiger partial charge in [0.15, 0.2) is 0 Å². The van der Waals surface area contributed by atoms with Crippen LogP contribution in [0.25, 0.3) is 6.08 Å². The Kier molecular flexibility index (Phi) is 5.38. The summed E-state index contributed by atoms with van der Waals surface area (Å²) in [4.78, 5) is 20.8. The number of primary amides is 1. The Labute approximate surface area is 108 Å². The first-order valence-electron chi connectivity index (χ1n) is 5.04. The van der Waals surface area contributed by atoms with Gasteiger partial charge in [0.05, 0.1) is 5.75 Å². The van der Waals surface area contributed by atoms with Crippen LogP contribution in [0.3, 0.4) is 0 Å². The molecule has 1 rings (SSSR count). The number of hydrogen-bond acceptors (Lipinski definition) is 3. The smallest absolute Gasteiger partial charge is 0.328 e. The molecule has 3 N–H and O–H groups in total. The molecule has 6 heteroatoms. The van der Waals surface area contributed by atoms with E-state index >= 15 is 0 Å². The van der Waals surface area contributed by atoms with E-state index in [-0.39, 0.29) is 5.75 Å². The lowest BCUT2D eigenvalue weighted by atomic mass is 10.1. The molecule has 0 aliphatic heterocycles. The predicted octanol–water partition coefficient (Wildman–Crippen LogP) is 1.64. The number of carbonyl (C=O) groups excluding carboxylic acids is 1. The van der Waals surface area contributed by atoms with E-state index in [9.17, 15) is 14.0 Å². The van der Waals surface area contributed by atoms with Gasteiger partial charge in [0.2, 0.25) is 5.91 Å². The maximum absolute atomic E-state index is 13.6. The van der Waals surface area contributed by atoms with Gasteiger partial charge in [0.1, 0.15) is 5.82 Å². The molecule has 0 fully saturated rings. The third-order valence-electron chi connectivity index (χ3n) is 2.00. The number of carbonyl (C=O) groups is 2. The molecular weight excluding hydrogens is 257 g/mol. The van der Waals surface area contributed by atoms with Crippen molar-refractivity contribution in [3.63, 3.8) is 0 Å². The van der Waals surface area contributed by atoms with Crippen molar-refractivity contribution in [1.29, 1.82) is 0 Å². The first-order valence-corrected chi connectivity index (χ1v) is 6.20. The normalized spacial score (nSPS) is 10.7. The molecule has 0 atom stereocenters. The third kappa shape index (κ3) is 5.01. The summed E-state index contributed by atoms with van der Waals surface area (Å²) in [5.41, 5.74) is 5.89. The number of aliphatic carboxylic acids is 1. The molecule has 1 amide bonds. The number of carboxylic acid groups (broad SMARTS) is 1. The highest BCUT2D eigenvalue weighted by atomic mass is 32.2. The van der Waals surface area contributed by atoms with Crippen LogP contribution in [0.4, 0.5) is 4.39 Å². The Morgan fingerprint density at radius 1 is 1.44 bits per heavy atom. The lowest BCUT2D eigenvalue weighted by molar-refractivity contribution is -0.131. The molecule has 0 radical (unpaired) electrons. The molecule has 1 aromatic rings. The van der Waals surface area contributed by atoms with Gasteiger partial charge in [-0.25, -0.2) is 9.18 Å². The molecule has 0 aliphatic carbocycles. The number of carboxylic acids is 1. The fraction of sp³-hybridized carbons (Fsp3) is 0.167. The molecule has 0 bridgehead atoms. The topological polar surface area (TPSA) is 80.4 Å². The Bertz CT molecular complexity index is 488. The first kappa shape index (κ1) is 14.2. The van der Waals surface area contributed by atoms with Crippen molar-refractivity contribution >= 4 is 29.7 Å². The van der Waals surface area contributed by atoms with Crippen LogP contribution in [0.2, 0.25) is 0 Å². The molecule has 0 aliphatic rings. The second-order valence-electron chi connectivity index (χ2n) is 3.48. The lowest BCUT2D eigenvalue weighted by Gasteiger charge is -2.03. The average molecular weight is 269 g/mol. The maximum Gasteiger partial charge on any atom is 0.328 e. The van der Waals surface area contributed by atoms with Crippen molar-refractivity contribution in [3.05, 3.63) is 41.2 Å². The number of rotatable bonds is 6. The van der Waals surface area contributed by atoms with Gasteiger partial charge in [-0.3, -0.25) is 4.79 Å². The van der Waals surface area contributed by atoms with E-state index in [1.807, 2.05) is 0 Å². The zero-order chi connectivity index (χ0) is 13.5. The van der Waals surface area contributed by atoms with Gasteiger partial charge in [0.25, 0.3) is 0 Å². The molecule has 0 aromatic heterocycles. The Balaban J connectivity index is 2.67. The largest absolute Gasteiger partial charge is 0.478 e. The number of amides is 1. The summed E-state index contributed by atoms with van der Waals surface area (Å²) >= 11 is 1.23. The van der Waals surface area contributed by atoms with E-state index in [1.54, 1.807) is 12.1 Å². The van der Waals surface area contributed by atoms with Gasteiger partial charge in [-0.1, -0.05) is 12.1 Å². The number of hydrogen-bond donors (Lipinski definition) is 2. The highest BCUT2D eigenvalue weighted by Crippen LogP contribution is 2.17. The standard InChI is InChI=1S/C12H12FNO3S/c13-10-5-8(2-4-12(16)17)1-3-9(10)6-18-7-11(14)15/h1-5H,6-7H2,(H2,14,15)(H,16,17)/b4-2+. The van der Waals surface area contributed by atoms with Crippen molar-refractivity contribution in [2.45, 2.75) is 5.75 Å². The van der Waals surface area contributed by atoms with Crippen molar-refractivity contribution in [1.82, 2.24) is 0 Å². The van der Waals surface area contributed by atoms with Crippen molar-refractivity contribution in [3.8, 4) is 0 Å². The van der Waals surface area contributed by atoms with Crippen LogP contribution in [0.1, 0.15) is 11.1 Å². The number of benzene rings is 1. The van der Waals surface area contributed by atoms with E-state index < -0.39 is 17.7 Å². The number of thioether (sulfide) groups is 1. The molecule has 0 heterocycles. The first-order chi connectivity index (χ1) is 8.49. The van der Waals surface area contributed by atoms with Gasteiger partial charge >= 0.3 is 5.97 Å². The number of halogens is 1. The molecule has 1 aromatic carbocycles. The van der Waals surface area contributed by atoms with Gasteiger partial charge < -0.3 is 10.8 Å². The maximum atomic E-state index is 13.6. The molecular formula is C12H12FNO3S. The second-order valence-corrected chi connectivity index (χ2v) is 4.47. The molecule has 0 saturated carbocycles. The third-order valence-corrected chi connectivity index (χ3v) is 3.00. The van der Waals surface area contributed by atoms with Gasteiger partial charge in [-0.05, 0) is 23.3 Å². The predicted molar refractivity (Wildman–Crippen MR) is 68.4 cm³/mol. The average Bonchev–Trinajstić information content (AvgIpc) is 2.28. The Hall–Kier alpha value is -1.82. The van der Waals surface area contributed by atoms with E-state index in [4.69, 9.17) is 10.8 Å². The van der Waals surface area contributed by atoms with E-state index in [1.165, 1.54) is 23.9 Å². The summed E-state index contributed by atoms with van der Waals surface area (Å²) in [6.07, 6.45) is 2.25. The van der Waals surface area contributed by atoms with Crippen molar-refractivity contribution in [2.75, 3.05) is 5.75 Å². The van der Waals surface area contributed by atoms with E-state index in [2.05, 4.69) is 0 Å². The monoisotopic (exact) mass is 269 g/mol. The van der Waals surface area contributed by atoms with Crippen molar-refractivity contribution < 1.29 is 19.1 Å². The van der Waals surface area contributed by atoms with Crippen LogP contribution in [-0.2, 0) is 15.3 Å². The molecule has 0 saturated heterocycles. The fourth-order valence-electron chi connectivity index (χ4n) is 1.21. The highest BCUT2D eigenvalue weighted by molar-refractivity contribution is 7.99. The molecule has 0 spiro atoms. The van der Waals surface area contributed by atoms with E-state index in [0.717, 1.165) is 6.08 Å². The molecule has 4 nitrogen and oxygen atoms in total. The zero-order valence-electron chi connectivity index (χ0n) is 9.43. The lowest BCUT2D eigenvalue weighted by Crippen LogP contribution is -2.13. The van der Waals surface area contributed by atoms with Crippen LogP contribution in [-0.4, -0.2) is 22.7 Å². The SMILES string of the molecule is NC(=O)CSCc1ccc(/C=C/C(=O)O)cc1F. The van der Waals surface area contributed by atoms with Gasteiger partial charge in [0, 0.05) is 11.8 Å². The van der Waals surface area contributed by atoms with Crippen LogP contribution in [0, 0.1) is 5.82 Å². The highest BCUT2D eigenvalue weighted by Gasteiger charge is 2.04. The van der Waals surface area contributed by atoms with Gasteiger partial charge in [-0.2, -0.15) is 0 Å². The minimum atomic E-state index is -1.09. The minimum absolute atomic E-state index is 0.139. The van der Waals surface area contributed by atoms with Gasteiger partial charge in [-0.15, -0.1) is 11.8 Å². The van der Waals surface area contributed by atoms with Crippen LogP contribution >= 0.6 is 11.8 Å². The minimum Gasteiger partial charge on any atom is -0.478 e.